The first-order valence-corrected chi connectivity index (χ1v) is 9.02. The maximum absolute atomic E-state index is 11.6. The Bertz CT molecular complexity index is 299. The third-order valence-corrected chi connectivity index (χ3v) is 3.78. The Morgan fingerprint density at radius 1 is 0.750 bits per heavy atom. The van der Waals surface area contributed by atoms with Crippen molar-refractivity contribution < 1.29 is 29.3 Å². The molecule has 0 aromatic carbocycles. The molecule has 0 amide bonds. The van der Waals surface area contributed by atoms with E-state index in [0.29, 0.717) is 38.9 Å². The molecule has 0 saturated carbocycles. The lowest BCUT2D eigenvalue weighted by atomic mass is 10.1. The highest BCUT2D eigenvalue weighted by Crippen LogP contribution is 2.09. The number of hydrogen-bond donors (Lipinski definition) is 2. The summed E-state index contributed by atoms with van der Waals surface area (Å²) in [6.07, 6.45) is 4.97. The van der Waals surface area contributed by atoms with E-state index in [0.717, 1.165) is 25.7 Å². The molecule has 2 atom stereocenters. The van der Waals surface area contributed by atoms with E-state index in [4.69, 9.17) is 19.7 Å². The van der Waals surface area contributed by atoms with Gasteiger partial charge >= 0.3 is 11.9 Å². The second-order valence-corrected chi connectivity index (χ2v) is 6.52. The summed E-state index contributed by atoms with van der Waals surface area (Å²) in [5.74, 6) is 0.0292. The lowest BCUT2D eigenvalue weighted by molar-refractivity contribution is -0.147. The third-order valence-electron chi connectivity index (χ3n) is 3.78. The number of aliphatic hydroxyl groups is 2. The van der Waals surface area contributed by atoms with Gasteiger partial charge in [0, 0.05) is 26.1 Å². The highest BCUT2D eigenvalue weighted by molar-refractivity contribution is 5.70. The minimum Gasteiger partial charge on any atom is -0.465 e. The van der Waals surface area contributed by atoms with Gasteiger partial charge in [-0.15, -0.1) is 0 Å². The van der Waals surface area contributed by atoms with Gasteiger partial charge in [-0.05, 0) is 50.4 Å². The Balaban J connectivity index is 3.56. The highest BCUT2D eigenvalue weighted by atomic mass is 16.5. The Morgan fingerprint density at radius 3 is 1.46 bits per heavy atom. The first-order valence-electron chi connectivity index (χ1n) is 9.02. The van der Waals surface area contributed by atoms with Crippen LogP contribution < -0.4 is 0 Å². The molecule has 0 aromatic heterocycles. The van der Waals surface area contributed by atoms with E-state index < -0.39 is 0 Å². The van der Waals surface area contributed by atoms with Gasteiger partial charge in [-0.3, -0.25) is 9.59 Å². The molecule has 0 heterocycles. The molecular formula is C18H34O6. The molecule has 6 nitrogen and oxygen atoms in total. The topological polar surface area (TPSA) is 93.1 Å². The molecule has 0 fully saturated rings. The Hall–Kier alpha value is -1.14. The lowest BCUT2D eigenvalue weighted by Crippen LogP contribution is -2.13. The average molecular weight is 346 g/mol. The van der Waals surface area contributed by atoms with Crippen molar-refractivity contribution in [1.82, 2.24) is 0 Å². The fourth-order valence-corrected chi connectivity index (χ4v) is 2.20. The number of ether oxygens (including phenoxy) is 2. The zero-order chi connectivity index (χ0) is 18.2. The number of rotatable bonds is 15. The van der Waals surface area contributed by atoms with Gasteiger partial charge in [-0.25, -0.2) is 0 Å². The molecule has 2 unspecified atom stereocenters. The van der Waals surface area contributed by atoms with Crippen molar-refractivity contribution in [3.63, 3.8) is 0 Å². The van der Waals surface area contributed by atoms with Crippen LogP contribution in [0.3, 0.4) is 0 Å². The van der Waals surface area contributed by atoms with E-state index in [1.54, 1.807) is 0 Å². The molecule has 0 aliphatic carbocycles. The second kappa shape index (κ2) is 15.4. The van der Waals surface area contributed by atoms with Gasteiger partial charge in [0.15, 0.2) is 0 Å². The normalized spacial score (nSPS) is 13.3. The maximum atomic E-state index is 11.6. The summed E-state index contributed by atoms with van der Waals surface area (Å²) in [6.45, 7) is 5.06. The predicted molar refractivity (Wildman–Crippen MR) is 91.4 cm³/mol. The zero-order valence-electron chi connectivity index (χ0n) is 15.2. The van der Waals surface area contributed by atoms with Crippen LogP contribution >= 0.6 is 0 Å². The van der Waals surface area contributed by atoms with Crippen molar-refractivity contribution in [2.24, 2.45) is 11.8 Å². The van der Waals surface area contributed by atoms with E-state index in [1.165, 1.54) is 0 Å². The van der Waals surface area contributed by atoms with E-state index in [1.807, 2.05) is 13.8 Å². The largest absolute Gasteiger partial charge is 0.465 e. The number of unbranched alkanes of at least 4 members (excludes halogenated alkanes) is 1. The summed E-state index contributed by atoms with van der Waals surface area (Å²) in [4.78, 5) is 23.1. The van der Waals surface area contributed by atoms with Crippen molar-refractivity contribution in [2.45, 2.75) is 65.2 Å². The third kappa shape index (κ3) is 14.5. The summed E-state index contributed by atoms with van der Waals surface area (Å²) in [7, 11) is 0. The molecule has 6 heteroatoms. The highest BCUT2D eigenvalue weighted by Gasteiger charge is 2.10. The second-order valence-electron chi connectivity index (χ2n) is 6.52. The first-order chi connectivity index (χ1) is 11.5. The van der Waals surface area contributed by atoms with Gasteiger partial charge in [-0.2, -0.15) is 0 Å². The molecule has 0 aliphatic rings. The minimum atomic E-state index is -0.239. The van der Waals surface area contributed by atoms with Crippen LogP contribution in [-0.2, 0) is 19.1 Å². The summed E-state index contributed by atoms with van der Waals surface area (Å²) in [5, 5.41) is 17.5. The van der Waals surface area contributed by atoms with Crippen LogP contribution in [0.15, 0.2) is 0 Å². The number of carbonyl (C=O) groups excluding carboxylic acids is 2. The van der Waals surface area contributed by atoms with Crippen LogP contribution in [0.5, 0.6) is 0 Å². The first kappa shape index (κ1) is 22.9. The fraction of sp³-hybridized carbons (Fsp3) is 0.889. The smallest absolute Gasteiger partial charge is 0.305 e. The summed E-state index contributed by atoms with van der Waals surface area (Å²) in [6, 6.07) is 0. The van der Waals surface area contributed by atoms with Crippen LogP contribution in [0.25, 0.3) is 0 Å². The predicted octanol–water partition coefficient (Wildman–Crippen LogP) is 2.45. The van der Waals surface area contributed by atoms with Gasteiger partial charge in [-0.1, -0.05) is 13.8 Å². The average Bonchev–Trinajstić information content (AvgIpc) is 2.58. The quantitative estimate of drug-likeness (QED) is 0.349. The molecule has 0 saturated heterocycles. The summed E-state index contributed by atoms with van der Waals surface area (Å²) >= 11 is 0. The summed E-state index contributed by atoms with van der Waals surface area (Å²) < 4.78 is 10.3. The zero-order valence-corrected chi connectivity index (χ0v) is 15.2. The van der Waals surface area contributed by atoms with Crippen molar-refractivity contribution in [3.05, 3.63) is 0 Å². The molecule has 0 aliphatic heterocycles. The van der Waals surface area contributed by atoms with Gasteiger partial charge in [0.2, 0.25) is 0 Å². The molecular weight excluding hydrogens is 312 g/mol. The SMILES string of the molecule is CC(CCCO)COC(=O)CCCCC(=O)OCC(C)CCCO. The molecule has 0 aromatic rings. The molecule has 2 N–H and O–H groups in total. The molecule has 142 valence electrons. The van der Waals surface area contributed by atoms with Gasteiger partial charge < -0.3 is 19.7 Å². The minimum absolute atomic E-state index is 0.161. The monoisotopic (exact) mass is 346 g/mol. The van der Waals surface area contributed by atoms with Crippen molar-refractivity contribution >= 4 is 11.9 Å². The van der Waals surface area contributed by atoms with Gasteiger partial charge in [0.05, 0.1) is 13.2 Å². The molecule has 0 rings (SSSR count). The van der Waals surface area contributed by atoms with Crippen LogP contribution in [0, 0.1) is 11.8 Å². The standard InChI is InChI=1S/C18H34O6/c1-15(7-5-11-19)13-23-17(21)9-3-4-10-18(22)24-14-16(2)8-6-12-20/h15-16,19-20H,3-14H2,1-2H3. The van der Waals surface area contributed by atoms with E-state index in [2.05, 4.69) is 0 Å². The molecule has 0 radical (unpaired) electrons. The van der Waals surface area contributed by atoms with Crippen molar-refractivity contribution in [3.8, 4) is 0 Å². The van der Waals surface area contributed by atoms with Gasteiger partial charge in [0.25, 0.3) is 0 Å². The van der Waals surface area contributed by atoms with Crippen LogP contribution in [0.1, 0.15) is 65.2 Å². The Morgan fingerprint density at radius 2 is 1.12 bits per heavy atom. The van der Waals surface area contributed by atoms with Gasteiger partial charge in [0.1, 0.15) is 0 Å². The van der Waals surface area contributed by atoms with E-state index in [9.17, 15) is 9.59 Å². The van der Waals surface area contributed by atoms with Crippen LogP contribution in [0.4, 0.5) is 0 Å². The molecule has 0 bridgehead atoms. The van der Waals surface area contributed by atoms with Crippen molar-refractivity contribution in [2.75, 3.05) is 26.4 Å². The Labute approximate surface area is 145 Å². The van der Waals surface area contributed by atoms with Crippen LogP contribution in [-0.4, -0.2) is 48.6 Å². The Kier molecular flexibility index (Phi) is 14.7. The number of hydrogen-bond acceptors (Lipinski definition) is 6. The number of esters is 2. The van der Waals surface area contributed by atoms with Crippen molar-refractivity contribution in [1.29, 1.82) is 0 Å². The lowest BCUT2D eigenvalue weighted by Gasteiger charge is -2.12. The molecule has 0 spiro atoms. The molecule has 24 heavy (non-hydrogen) atoms. The number of aliphatic hydroxyl groups excluding tert-OH is 2. The maximum Gasteiger partial charge on any atom is 0.305 e. The number of carbonyl (C=O) groups is 2. The van der Waals surface area contributed by atoms with Crippen LogP contribution in [0.2, 0.25) is 0 Å². The van der Waals surface area contributed by atoms with E-state index >= 15 is 0 Å². The fourth-order valence-electron chi connectivity index (χ4n) is 2.20. The summed E-state index contributed by atoms with van der Waals surface area (Å²) in [5.41, 5.74) is 0. The van der Waals surface area contributed by atoms with E-state index in [-0.39, 0.29) is 37.0 Å².